The van der Waals surface area contributed by atoms with Gasteiger partial charge in [-0.05, 0) is 17.7 Å². The van der Waals surface area contributed by atoms with Crippen LogP contribution in [0.5, 0.6) is 0 Å². The summed E-state index contributed by atoms with van der Waals surface area (Å²) in [5.41, 5.74) is 6.66. The van der Waals surface area contributed by atoms with Crippen molar-refractivity contribution < 1.29 is 4.39 Å². The normalized spacial score (nSPS) is 12.7. The summed E-state index contributed by atoms with van der Waals surface area (Å²) >= 11 is 1.47. The molecule has 0 spiro atoms. The highest BCUT2D eigenvalue weighted by Crippen LogP contribution is 2.21. The van der Waals surface area contributed by atoms with Crippen LogP contribution in [0, 0.1) is 5.82 Å². The van der Waals surface area contributed by atoms with Gasteiger partial charge in [0.25, 0.3) is 0 Å². The largest absolute Gasteiger partial charge is 0.318 e. The van der Waals surface area contributed by atoms with E-state index in [4.69, 9.17) is 5.73 Å². The fourth-order valence-electron chi connectivity index (χ4n) is 1.23. The average molecular weight is 208 g/mol. The molecule has 2 nitrogen and oxygen atoms in total. The van der Waals surface area contributed by atoms with E-state index in [0.717, 1.165) is 10.6 Å². The molecule has 0 amide bonds. The van der Waals surface area contributed by atoms with Crippen molar-refractivity contribution in [1.82, 2.24) is 4.98 Å². The number of halogens is 1. The molecule has 72 valence electrons. The Bertz CT molecular complexity index is 414. The highest BCUT2D eigenvalue weighted by atomic mass is 32.1. The molecule has 0 aliphatic heterocycles. The predicted molar refractivity (Wildman–Crippen MR) is 54.5 cm³/mol. The molecule has 1 aromatic carbocycles. The summed E-state index contributed by atoms with van der Waals surface area (Å²) in [5, 5.41) is 2.66. The number of rotatable bonds is 2. The van der Waals surface area contributed by atoms with E-state index < -0.39 is 0 Å². The summed E-state index contributed by atoms with van der Waals surface area (Å²) in [5.74, 6) is -0.269. The molecule has 0 saturated heterocycles. The Morgan fingerprint density at radius 3 is 2.93 bits per heavy atom. The molecular weight excluding hydrogens is 199 g/mol. The zero-order valence-electron chi connectivity index (χ0n) is 7.35. The molecule has 0 saturated carbocycles. The minimum absolute atomic E-state index is 0.269. The van der Waals surface area contributed by atoms with E-state index in [0.29, 0.717) is 0 Å². The standard InChI is InChI=1S/C10H9FN2S/c11-8-3-1-2-7(6-8)9(12)10-13-4-5-14-10/h1-6,9H,12H2. The van der Waals surface area contributed by atoms with Gasteiger partial charge >= 0.3 is 0 Å². The van der Waals surface area contributed by atoms with Crippen molar-refractivity contribution >= 4 is 11.3 Å². The maximum atomic E-state index is 12.9. The zero-order chi connectivity index (χ0) is 9.97. The summed E-state index contributed by atoms with van der Waals surface area (Å²) in [6, 6.07) is 5.96. The second-order valence-electron chi connectivity index (χ2n) is 2.90. The zero-order valence-corrected chi connectivity index (χ0v) is 8.17. The lowest BCUT2D eigenvalue weighted by molar-refractivity contribution is 0.623. The first kappa shape index (κ1) is 9.30. The number of hydrogen-bond donors (Lipinski definition) is 1. The Morgan fingerprint density at radius 2 is 2.29 bits per heavy atom. The molecular formula is C10H9FN2S. The van der Waals surface area contributed by atoms with Crippen molar-refractivity contribution in [3.63, 3.8) is 0 Å². The van der Waals surface area contributed by atoms with E-state index >= 15 is 0 Å². The molecule has 1 atom stereocenters. The molecule has 0 fully saturated rings. The van der Waals surface area contributed by atoms with Gasteiger partial charge in [0.15, 0.2) is 0 Å². The van der Waals surface area contributed by atoms with Gasteiger partial charge in [0.05, 0.1) is 6.04 Å². The first-order valence-corrected chi connectivity index (χ1v) is 5.06. The predicted octanol–water partition coefficient (Wildman–Crippen LogP) is 2.33. The molecule has 1 unspecified atom stereocenters. The molecule has 0 radical (unpaired) electrons. The van der Waals surface area contributed by atoms with Gasteiger partial charge in [0.1, 0.15) is 10.8 Å². The van der Waals surface area contributed by atoms with E-state index in [1.807, 2.05) is 5.38 Å². The molecule has 0 aliphatic carbocycles. The highest BCUT2D eigenvalue weighted by molar-refractivity contribution is 7.09. The van der Waals surface area contributed by atoms with E-state index in [1.165, 1.54) is 23.5 Å². The van der Waals surface area contributed by atoms with Crippen LogP contribution in [-0.2, 0) is 0 Å². The van der Waals surface area contributed by atoms with E-state index in [2.05, 4.69) is 4.98 Å². The van der Waals surface area contributed by atoms with Crippen LogP contribution in [0.25, 0.3) is 0 Å². The van der Waals surface area contributed by atoms with Crippen LogP contribution >= 0.6 is 11.3 Å². The van der Waals surface area contributed by atoms with Crippen LogP contribution in [0.1, 0.15) is 16.6 Å². The van der Waals surface area contributed by atoms with Crippen LogP contribution in [0.3, 0.4) is 0 Å². The molecule has 2 aromatic rings. The van der Waals surface area contributed by atoms with Crippen molar-refractivity contribution in [2.45, 2.75) is 6.04 Å². The van der Waals surface area contributed by atoms with Crippen LogP contribution < -0.4 is 5.73 Å². The SMILES string of the molecule is NC(c1cccc(F)c1)c1nccs1. The fraction of sp³-hybridized carbons (Fsp3) is 0.100. The van der Waals surface area contributed by atoms with Crippen molar-refractivity contribution in [2.75, 3.05) is 0 Å². The van der Waals surface area contributed by atoms with E-state index in [9.17, 15) is 4.39 Å². The Kier molecular flexibility index (Phi) is 2.56. The maximum Gasteiger partial charge on any atom is 0.123 e. The Hall–Kier alpha value is -1.26. The first-order valence-electron chi connectivity index (χ1n) is 4.18. The lowest BCUT2D eigenvalue weighted by atomic mass is 10.1. The highest BCUT2D eigenvalue weighted by Gasteiger charge is 2.11. The Balaban J connectivity index is 2.32. The lowest BCUT2D eigenvalue weighted by Crippen LogP contribution is -2.11. The number of nitrogens with two attached hydrogens (primary N) is 1. The summed E-state index contributed by atoms with van der Waals surface area (Å²) in [7, 11) is 0. The number of hydrogen-bond acceptors (Lipinski definition) is 3. The molecule has 4 heteroatoms. The van der Waals surface area contributed by atoms with Gasteiger partial charge in [-0.3, -0.25) is 0 Å². The monoisotopic (exact) mass is 208 g/mol. The minimum Gasteiger partial charge on any atom is -0.318 e. The summed E-state index contributed by atoms with van der Waals surface area (Å²) in [4.78, 5) is 4.09. The van der Waals surface area contributed by atoms with Gasteiger partial charge < -0.3 is 5.73 Å². The third-order valence-corrected chi connectivity index (χ3v) is 2.78. The van der Waals surface area contributed by atoms with Gasteiger partial charge in [-0.1, -0.05) is 12.1 Å². The Labute approximate surface area is 85.2 Å². The fourth-order valence-corrected chi connectivity index (χ4v) is 1.90. The van der Waals surface area contributed by atoms with Gasteiger partial charge in [-0.25, -0.2) is 9.37 Å². The van der Waals surface area contributed by atoms with Crippen molar-refractivity contribution in [3.05, 3.63) is 52.2 Å². The molecule has 14 heavy (non-hydrogen) atoms. The molecule has 1 heterocycles. The van der Waals surface area contributed by atoms with E-state index in [-0.39, 0.29) is 11.9 Å². The number of aromatic nitrogens is 1. The number of nitrogens with zero attached hydrogens (tertiary/aromatic N) is 1. The van der Waals surface area contributed by atoms with E-state index in [1.54, 1.807) is 18.3 Å². The summed E-state index contributed by atoms with van der Waals surface area (Å²) < 4.78 is 12.9. The van der Waals surface area contributed by atoms with Crippen LogP contribution in [0.4, 0.5) is 4.39 Å². The lowest BCUT2D eigenvalue weighted by Gasteiger charge is -2.08. The summed E-state index contributed by atoms with van der Waals surface area (Å²) in [6.45, 7) is 0. The summed E-state index contributed by atoms with van der Waals surface area (Å²) in [6.07, 6.45) is 1.69. The molecule has 0 aliphatic rings. The maximum absolute atomic E-state index is 12.9. The van der Waals surface area contributed by atoms with Crippen LogP contribution in [-0.4, -0.2) is 4.98 Å². The van der Waals surface area contributed by atoms with Gasteiger partial charge in [0, 0.05) is 11.6 Å². The molecule has 2 rings (SSSR count). The smallest absolute Gasteiger partial charge is 0.123 e. The average Bonchev–Trinajstić information content (AvgIpc) is 2.69. The topological polar surface area (TPSA) is 38.9 Å². The van der Waals surface area contributed by atoms with Crippen molar-refractivity contribution in [1.29, 1.82) is 0 Å². The van der Waals surface area contributed by atoms with Crippen LogP contribution in [0.2, 0.25) is 0 Å². The molecule has 1 aromatic heterocycles. The number of thiazole rings is 1. The molecule has 0 bridgehead atoms. The minimum atomic E-state index is -0.328. The molecule has 2 N–H and O–H groups in total. The second-order valence-corrected chi connectivity index (χ2v) is 3.83. The van der Waals surface area contributed by atoms with Crippen molar-refractivity contribution in [3.8, 4) is 0 Å². The Morgan fingerprint density at radius 1 is 1.43 bits per heavy atom. The van der Waals surface area contributed by atoms with Crippen molar-refractivity contribution in [2.24, 2.45) is 5.73 Å². The second kappa shape index (κ2) is 3.86. The van der Waals surface area contributed by atoms with Gasteiger partial charge in [-0.2, -0.15) is 0 Å². The first-order chi connectivity index (χ1) is 6.77. The third-order valence-electron chi connectivity index (χ3n) is 1.93. The number of benzene rings is 1. The van der Waals surface area contributed by atoms with Gasteiger partial charge in [-0.15, -0.1) is 11.3 Å². The quantitative estimate of drug-likeness (QED) is 0.822. The third kappa shape index (κ3) is 1.81. The van der Waals surface area contributed by atoms with Gasteiger partial charge in [0.2, 0.25) is 0 Å². The van der Waals surface area contributed by atoms with Crippen LogP contribution in [0.15, 0.2) is 35.8 Å².